The Morgan fingerprint density at radius 3 is 2.32 bits per heavy atom. The van der Waals surface area contributed by atoms with E-state index in [-0.39, 0.29) is 17.3 Å². The van der Waals surface area contributed by atoms with Crippen molar-refractivity contribution in [2.45, 2.75) is 26.2 Å². The lowest BCUT2D eigenvalue weighted by molar-refractivity contribution is 0.104. The number of carbonyl (C=O) groups excluding carboxylic acids is 1. The number of ketones is 1. The summed E-state index contributed by atoms with van der Waals surface area (Å²) < 4.78 is 6.60. The lowest BCUT2D eigenvalue weighted by atomic mass is 9.97. The quantitative estimate of drug-likeness (QED) is 0.238. The third-order valence-electron chi connectivity index (χ3n) is 5.16. The number of hydrogen-bond acceptors (Lipinski definition) is 5. The van der Waals surface area contributed by atoms with Crippen molar-refractivity contribution >= 4 is 27.2 Å². The number of benzene rings is 3. The van der Waals surface area contributed by atoms with Crippen LogP contribution in [0.4, 0.5) is 0 Å². The van der Waals surface area contributed by atoms with Crippen molar-refractivity contribution in [1.82, 2.24) is 0 Å². The van der Waals surface area contributed by atoms with Crippen LogP contribution in [0.5, 0.6) is 17.2 Å². The Labute approximate surface area is 185 Å². The zero-order chi connectivity index (χ0) is 21.8. The Morgan fingerprint density at radius 2 is 1.61 bits per heavy atom. The predicted octanol–water partition coefficient (Wildman–Crippen LogP) is 6.78. The summed E-state index contributed by atoms with van der Waals surface area (Å²) in [5, 5.41) is 20.3. The van der Waals surface area contributed by atoms with Crippen LogP contribution in [0, 0.1) is 0 Å². The summed E-state index contributed by atoms with van der Waals surface area (Å²) in [5.74, 6) is 1.00. The first kappa shape index (κ1) is 20.9. The normalized spacial score (nSPS) is 11.0. The minimum atomic E-state index is -0.0856. The molecule has 0 spiro atoms. The molecule has 4 rings (SSSR count). The molecule has 0 fully saturated rings. The van der Waals surface area contributed by atoms with Gasteiger partial charge in [0.15, 0.2) is 5.78 Å². The van der Waals surface area contributed by atoms with Gasteiger partial charge in [0, 0.05) is 26.1 Å². The first-order valence-corrected chi connectivity index (χ1v) is 11.2. The summed E-state index contributed by atoms with van der Waals surface area (Å²) in [5.41, 5.74) is 2.02. The van der Waals surface area contributed by atoms with Crippen molar-refractivity contribution in [3.63, 3.8) is 0 Å². The Kier molecular flexibility index (Phi) is 6.23. The second-order valence-electron chi connectivity index (χ2n) is 7.44. The van der Waals surface area contributed by atoms with Crippen LogP contribution >= 0.6 is 11.3 Å². The van der Waals surface area contributed by atoms with Gasteiger partial charge in [0.1, 0.15) is 17.2 Å². The molecule has 1 heterocycles. The van der Waals surface area contributed by atoms with Gasteiger partial charge in [0.05, 0.1) is 6.61 Å². The molecule has 3 aromatic carbocycles. The summed E-state index contributed by atoms with van der Waals surface area (Å²) in [6.07, 6.45) is 3.30. The number of phenols is 2. The highest BCUT2D eigenvalue weighted by molar-refractivity contribution is 7.22. The molecule has 0 saturated carbocycles. The average Bonchev–Trinajstić information content (AvgIpc) is 3.15. The number of unbranched alkanes of at least 4 members (excludes halogenated alkanes) is 2. The molecule has 2 N–H and O–H groups in total. The van der Waals surface area contributed by atoms with Gasteiger partial charge < -0.3 is 14.9 Å². The molecule has 4 aromatic rings. The molecule has 1 aromatic heterocycles. The first-order valence-electron chi connectivity index (χ1n) is 10.4. The predicted molar refractivity (Wildman–Crippen MR) is 125 cm³/mol. The lowest BCUT2D eigenvalue weighted by Gasteiger charge is -2.08. The van der Waals surface area contributed by atoms with Gasteiger partial charge in [0.25, 0.3) is 0 Å². The molecule has 0 amide bonds. The summed E-state index contributed by atoms with van der Waals surface area (Å²) in [7, 11) is 0. The molecule has 0 aliphatic heterocycles. The van der Waals surface area contributed by atoms with Crippen LogP contribution in [-0.4, -0.2) is 22.6 Å². The Bertz CT molecular complexity index is 1190. The number of phenolic OH excluding ortho intramolecular Hbond substituents is 2. The zero-order valence-electron chi connectivity index (χ0n) is 17.3. The number of thiophene rings is 1. The fraction of sp³-hybridized carbons (Fsp3) is 0.192. The van der Waals surface area contributed by atoms with Gasteiger partial charge >= 0.3 is 0 Å². The van der Waals surface area contributed by atoms with E-state index in [9.17, 15) is 15.0 Å². The number of ether oxygens (including phenoxy) is 1. The van der Waals surface area contributed by atoms with Gasteiger partial charge in [-0.25, -0.2) is 0 Å². The summed E-state index contributed by atoms with van der Waals surface area (Å²) in [4.78, 5) is 14.3. The second-order valence-corrected chi connectivity index (χ2v) is 8.49. The van der Waals surface area contributed by atoms with E-state index in [1.807, 2.05) is 12.1 Å². The standard InChI is InChI=1S/C26H24O4S/c1-2-3-4-15-30-21-12-7-17(8-13-21)25(29)24-22-14-11-20(28)16-23(22)31-26(24)18-5-9-19(27)10-6-18/h5-14,16,27-28H,2-4,15H2,1H3. The van der Waals surface area contributed by atoms with Crippen LogP contribution in [0.3, 0.4) is 0 Å². The number of rotatable bonds is 8. The lowest BCUT2D eigenvalue weighted by Crippen LogP contribution is -2.03. The van der Waals surface area contributed by atoms with Crippen LogP contribution in [0.1, 0.15) is 42.1 Å². The molecule has 0 bridgehead atoms. The maximum atomic E-state index is 13.5. The third kappa shape index (κ3) is 4.57. The SMILES string of the molecule is CCCCCOc1ccc(C(=O)c2c(-c3ccc(O)cc3)sc3cc(O)ccc23)cc1. The van der Waals surface area contributed by atoms with Gasteiger partial charge in [-0.1, -0.05) is 19.8 Å². The molecule has 5 heteroatoms. The van der Waals surface area contributed by atoms with Crippen LogP contribution < -0.4 is 4.74 Å². The fourth-order valence-corrected chi connectivity index (χ4v) is 4.75. The Morgan fingerprint density at radius 1 is 0.903 bits per heavy atom. The van der Waals surface area contributed by atoms with Crippen molar-refractivity contribution in [3.05, 3.63) is 77.9 Å². The summed E-state index contributed by atoms with van der Waals surface area (Å²) in [6.45, 7) is 2.83. The molecular formula is C26H24O4S. The maximum absolute atomic E-state index is 13.5. The van der Waals surface area contributed by atoms with E-state index in [1.165, 1.54) is 11.3 Å². The highest BCUT2D eigenvalue weighted by Gasteiger charge is 2.22. The number of hydrogen-bond donors (Lipinski definition) is 2. The van der Waals surface area contributed by atoms with E-state index in [4.69, 9.17) is 4.74 Å². The van der Waals surface area contributed by atoms with Gasteiger partial charge in [-0.2, -0.15) is 0 Å². The first-order chi connectivity index (χ1) is 15.1. The van der Waals surface area contributed by atoms with Crippen molar-refractivity contribution in [1.29, 1.82) is 0 Å². The van der Waals surface area contributed by atoms with Crippen molar-refractivity contribution in [3.8, 4) is 27.7 Å². The van der Waals surface area contributed by atoms with Gasteiger partial charge in [-0.05, 0) is 78.7 Å². The monoisotopic (exact) mass is 432 g/mol. The smallest absolute Gasteiger partial charge is 0.195 e. The van der Waals surface area contributed by atoms with E-state index in [0.29, 0.717) is 17.7 Å². The number of fused-ring (bicyclic) bond motifs is 1. The Hall–Kier alpha value is -3.31. The zero-order valence-corrected chi connectivity index (χ0v) is 18.1. The highest BCUT2D eigenvalue weighted by atomic mass is 32.1. The molecule has 0 unspecified atom stereocenters. The molecule has 0 aliphatic carbocycles. The molecule has 4 nitrogen and oxygen atoms in total. The summed E-state index contributed by atoms with van der Waals surface area (Å²) in [6, 6.07) is 19.1. The minimum absolute atomic E-state index is 0.0856. The molecule has 0 saturated heterocycles. The molecule has 31 heavy (non-hydrogen) atoms. The molecule has 158 valence electrons. The van der Waals surface area contributed by atoms with Crippen LogP contribution in [-0.2, 0) is 0 Å². The largest absolute Gasteiger partial charge is 0.508 e. The molecular weight excluding hydrogens is 408 g/mol. The van der Waals surface area contributed by atoms with Crippen LogP contribution in [0.2, 0.25) is 0 Å². The topological polar surface area (TPSA) is 66.8 Å². The van der Waals surface area contributed by atoms with Crippen LogP contribution in [0.15, 0.2) is 66.7 Å². The van der Waals surface area contributed by atoms with Crippen molar-refractivity contribution < 1.29 is 19.7 Å². The second kappa shape index (κ2) is 9.23. The van der Waals surface area contributed by atoms with E-state index in [1.54, 1.807) is 54.6 Å². The highest BCUT2D eigenvalue weighted by Crippen LogP contribution is 2.41. The summed E-state index contributed by atoms with van der Waals surface area (Å²) >= 11 is 1.45. The fourth-order valence-electron chi connectivity index (χ4n) is 3.52. The van der Waals surface area contributed by atoms with E-state index >= 15 is 0 Å². The minimum Gasteiger partial charge on any atom is -0.508 e. The van der Waals surface area contributed by atoms with Crippen molar-refractivity contribution in [2.24, 2.45) is 0 Å². The van der Waals surface area contributed by atoms with Crippen LogP contribution in [0.25, 0.3) is 20.5 Å². The number of carbonyl (C=O) groups is 1. The number of aromatic hydroxyl groups is 2. The molecule has 0 aliphatic rings. The third-order valence-corrected chi connectivity index (χ3v) is 6.36. The molecule has 0 atom stereocenters. The van der Waals surface area contributed by atoms with E-state index < -0.39 is 0 Å². The Balaban J connectivity index is 1.70. The van der Waals surface area contributed by atoms with Gasteiger partial charge in [0.2, 0.25) is 0 Å². The maximum Gasteiger partial charge on any atom is 0.195 e. The van der Waals surface area contributed by atoms with E-state index in [2.05, 4.69) is 6.92 Å². The van der Waals surface area contributed by atoms with Gasteiger partial charge in [-0.3, -0.25) is 4.79 Å². The molecule has 0 radical (unpaired) electrons. The van der Waals surface area contributed by atoms with Crippen molar-refractivity contribution in [2.75, 3.05) is 6.61 Å². The average molecular weight is 433 g/mol. The van der Waals surface area contributed by atoms with E-state index in [0.717, 1.165) is 45.5 Å². The van der Waals surface area contributed by atoms with Gasteiger partial charge in [-0.15, -0.1) is 11.3 Å².